The van der Waals surface area contributed by atoms with Gasteiger partial charge in [-0.05, 0) is 29.5 Å². The van der Waals surface area contributed by atoms with Gasteiger partial charge in [-0.25, -0.2) is 0 Å². The van der Waals surface area contributed by atoms with E-state index in [4.69, 9.17) is 0 Å². The van der Waals surface area contributed by atoms with E-state index in [1.807, 2.05) is 58.0 Å². The number of carbonyl (C=O) groups excluding carboxylic acids is 1. The smallest absolute Gasteiger partial charge is 0.243 e. The van der Waals surface area contributed by atoms with E-state index in [2.05, 4.69) is 5.32 Å². The van der Waals surface area contributed by atoms with E-state index in [1.165, 1.54) is 6.08 Å². The zero-order chi connectivity index (χ0) is 14.5. The molecule has 19 heavy (non-hydrogen) atoms. The van der Waals surface area contributed by atoms with E-state index in [-0.39, 0.29) is 17.9 Å². The Morgan fingerprint density at radius 2 is 2.00 bits per heavy atom. The topological polar surface area (TPSA) is 49.3 Å². The predicted molar refractivity (Wildman–Crippen MR) is 77.7 cm³/mol. The van der Waals surface area contributed by atoms with Gasteiger partial charge in [0.2, 0.25) is 5.91 Å². The summed E-state index contributed by atoms with van der Waals surface area (Å²) < 4.78 is 0. The average molecular weight is 261 g/mol. The quantitative estimate of drug-likeness (QED) is 0.819. The van der Waals surface area contributed by atoms with Crippen molar-refractivity contribution < 1.29 is 9.90 Å². The largest absolute Gasteiger partial charge is 0.387 e. The molecule has 1 rings (SSSR count). The van der Waals surface area contributed by atoms with Crippen LogP contribution in [0.2, 0.25) is 0 Å². The lowest BCUT2D eigenvalue weighted by atomic mass is 9.96. The van der Waals surface area contributed by atoms with Crippen molar-refractivity contribution in [2.24, 2.45) is 5.41 Å². The molecule has 0 aliphatic rings. The second-order valence-corrected chi connectivity index (χ2v) is 5.82. The summed E-state index contributed by atoms with van der Waals surface area (Å²) >= 11 is 0. The Balaban J connectivity index is 2.51. The van der Waals surface area contributed by atoms with Crippen molar-refractivity contribution in [3.05, 3.63) is 47.5 Å². The molecule has 0 bridgehead atoms. The molecule has 0 spiro atoms. The van der Waals surface area contributed by atoms with Crippen LogP contribution in [0.15, 0.2) is 36.4 Å². The lowest BCUT2D eigenvalue weighted by molar-refractivity contribution is -0.117. The molecular weight excluding hydrogens is 238 g/mol. The summed E-state index contributed by atoms with van der Waals surface area (Å²) in [4.78, 5) is 11.6. The average Bonchev–Trinajstić information content (AvgIpc) is 2.33. The third-order valence-electron chi connectivity index (χ3n) is 2.75. The van der Waals surface area contributed by atoms with Gasteiger partial charge in [0.15, 0.2) is 0 Å². The van der Waals surface area contributed by atoms with Gasteiger partial charge in [-0.2, -0.15) is 0 Å². The standard InChI is InChI=1S/C16H23NO2/c1-12-7-5-6-8-13(12)14(18)11-17-15(19)9-10-16(2,3)4/h5-10,14,18H,11H2,1-4H3,(H,17,19)/b10-9+. The molecule has 0 radical (unpaired) electrons. The molecule has 1 amide bonds. The van der Waals surface area contributed by atoms with Crippen LogP contribution in [-0.4, -0.2) is 17.6 Å². The number of hydrogen-bond acceptors (Lipinski definition) is 2. The number of allylic oxidation sites excluding steroid dienone is 1. The molecule has 1 aromatic carbocycles. The molecule has 2 N–H and O–H groups in total. The van der Waals surface area contributed by atoms with Crippen molar-refractivity contribution in [2.75, 3.05) is 6.54 Å². The second kappa shape index (κ2) is 6.53. The van der Waals surface area contributed by atoms with E-state index in [0.29, 0.717) is 0 Å². The van der Waals surface area contributed by atoms with Crippen LogP contribution < -0.4 is 5.32 Å². The number of aliphatic hydroxyl groups is 1. The summed E-state index contributed by atoms with van der Waals surface area (Å²) in [6.07, 6.45) is 2.70. The van der Waals surface area contributed by atoms with Gasteiger partial charge < -0.3 is 10.4 Å². The van der Waals surface area contributed by atoms with Crippen LogP contribution in [-0.2, 0) is 4.79 Å². The Labute approximate surface area is 115 Å². The van der Waals surface area contributed by atoms with Gasteiger partial charge in [-0.3, -0.25) is 4.79 Å². The Morgan fingerprint density at radius 1 is 1.37 bits per heavy atom. The third kappa shape index (κ3) is 5.71. The van der Waals surface area contributed by atoms with Crippen LogP contribution in [0.25, 0.3) is 0 Å². The molecule has 3 nitrogen and oxygen atoms in total. The van der Waals surface area contributed by atoms with Crippen molar-refractivity contribution in [3.63, 3.8) is 0 Å². The molecule has 3 heteroatoms. The lowest BCUT2D eigenvalue weighted by Crippen LogP contribution is -2.27. The molecule has 0 aromatic heterocycles. The van der Waals surface area contributed by atoms with Crippen LogP contribution in [0.5, 0.6) is 0 Å². The maximum absolute atomic E-state index is 11.6. The first-order valence-corrected chi connectivity index (χ1v) is 6.50. The number of benzene rings is 1. The molecule has 0 fully saturated rings. The maximum atomic E-state index is 11.6. The summed E-state index contributed by atoms with van der Waals surface area (Å²) in [5, 5.41) is 12.7. The van der Waals surface area contributed by atoms with Gasteiger partial charge in [-0.1, -0.05) is 51.1 Å². The van der Waals surface area contributed by atoms with Gasteiger partial charge in [0.05, 0.1) is 6.10 Å². The van der Waals surface area contributed by atoms with E-state index in [0.717, 1.165) is 11.1 Å². The number of carbonyl (C=O) groups is 1. The first-order valence-electron chi connectivity index (χ1n) is 6.50. The van der Waals surface area contributed by atoms with Gasteiger partial charge in [0.1, 0.15) is 0 Å². The zero-order valence-corrected chi connectivity index (χ0v) is 12.1. The number of aliphatic hydroxyl groups excluding tert-OH is 1. The van der Waals surface area contributed by atoms with Crippen molar-refractivity contribution in [2.45, 2.75) is 33.8 Å². The molecule has 0 saturated heterocycles. The minimum absolute atomic E-state index is 0.0219. The third-order valence-corrected chi connectivity index (χ3v) is 2.75. The first-order chi connectivity index (χ1) is 8.79. The highest BCUT2D eigenvalue weighted by Gasteiger charge is 2.11. The van der Waals surface area contributed by atoms with Gasteiger partial charge in [0, 0.05) is 6.54 Å². The molecule has 104 valence electrons. The highest BCUT2D eigenvalue weighted by atomic mass is 16.3. The summed E-state index contributed by atoms with van der Waals surface area (Å²) in [6, 6.07) is 7.63. The molecule has 1 aromatic rings. The van der Waals surface area contributed by atoms with Crippen molar-refractivity contribution in [3.8, 4) is 0 Å². The molecule has 1 unspecified atom stereocenters. The molecular formula is C16H23NO2. The van der Waals surface area contributed by atoms with Crippen molar-refractivity contribution in [1.82, 2.24) is 5.32 Å². The number of rotatable bonds is 4. The van der Waals surface area contributed by atoms with Crippen LogP contribution in [0.1, 0.15) is 38.0 Å². The van der Waals surface area contributed by atoms with Gasteiger partial charge in [-0.15, -0.1) is 0 Å². The first kappa shape index (κ1) is 15.4. The summed E-state index contributed by atoms with van der Waals surface area (Å²) in [6.45, 7) is 8.24. The van der Waals surface area contributed by atoms with E-state index in [1.54, 1.807) is 0 Å². The molecule has 0 heterocycles. The Morgan fingerprint density at radius 3 is 2.58 bits per heavy atom. The summed E-state index contributed by atoms with van der Waals surface area (Å²) in [5.41, 5.74) is 1.85. The Hall–Kier alpha value is -1.61. The van der Waals surface area contributed by atoms with Crippen molar-refractivity contribution >= 4 is 5.91 Å². The lowest BCUT2D eigenvalue weighted by Gasteiger charge is -2.14. The number of amides is 1. The van der Waals surface area contributed by atoms with E-state index < -0.39 is 6.10 Å². The number of hydrogen-bond donors (Lipinski definition) is 2. The maximum Gasteiger partial charge on any atom is 0.243 e. The van der Waals surface area contributed by atoms with E-state index in [9.17, 15) is 9.90 Å². The van der Waals surface area contributed by atoms with E-state index >= 15 is 0 Å². The second-order valence-electron chi connectivity index (χ2n) is 5.82. The van der Waals surface area contributed by atoms with Crippen molar-refractivity contribution in [1.29, 1.82) is 0 Å². The summed E-state index contributed by atoms with van der Waals surface area (Å²) in [5.74, 6) is -0.178. The molecule has 1 atom stereocenters. The highest BCUT2D eigenvalue weighted by Crippen LogP contribution is 2.16. The Kier molecular flexibility index (Phi) is 5.31. The fourth-order valence-electron chi connectivity index (χ4n) is 1.65. The molecule has 0 aliphatic heterocycles. The zero-order valence-electron chi connectivity index (χ0n) is 12.1. The SMILES string of the molecule is Cc1ccccc1C(O)CNC(=O)/C=C/C(C)(C)C. The summed E-state index contributed by atoms with van der Waals surface area (Å²) in [7, 11) is 0. The van der Waals surface area contributed by atoms with Gasteiger partial charge in [0.25, 0.3) is 0 Å². The minimum atomic E-state index is -0.673. The van der Waals surface area contributed by atoms with Crippen LogP contribution in [0, 0.1) is 12.3 Å². The fraction of sp³-hybridized carbons (Fsp3) is 0.438. The van der Waals surface area contributed by atoms with Gasteiger partial charge >= 0.3 is 0 Å². The highest BCUT2D eigenvalue weighted by molar-refractivity contribution is 5.87. The molecule has 0 saturated carbocycles. The minimum Gasteiger partial charge on any atom is -0.387 e. The number of nitrogens with one attached hydrogen (secondary N) is 1. The molecule has 0 aliphatic carbocycles. The fourth-order valence-corrected chi connectivity index (χ4v) is 1.65. The number of aryl methyl sites for hydroxylation is 1. The normalized spacial score (nSPS) is 13.5. The van der Waals surface area contributed by atoms with Crippen LogP contribution in [0.4, 0.5) is 0 Å². The van der Waals surface area contributed by atoms with Crippen LogP contribution >= 0.6 is 0 Å². The monoisotopic (exact) mass is 261 g/mol. The predicted octanol–water partition coefficient (Wildman–Crippen LogP) is 2.75. The Bertz CT molecular complexity index is 458. The van der Waals surface area contributed by atoms with Crippen LogP contribution in [0.3, 0.4) is 0 Å².